The van der Waals surface area contributed by atoms with Crippen LogP contribution >= 0.6 is 39.1 Å². The Morgan fingerprint density at radius 3 is 2.83 bits per heavy atom. The third-order valence-electron chi connectivity index (χ3n) is 4.17. The van der Waals surface area contributed by atoms with Crippen molar-refractivity contribution in [2.24, 2.45) is 0 Å². The molecule has 0 bridgehead atoms. The van der Waals surface area contributed by atoms with E-state index in [4.69, 9.17) is 27.9 Å². The number of H-pyrrole nitrogens is 1. The molecule has 2 heterocycles. The summed E-state index contributed by atoms with van der Waals surface area (Å²) >= 11 is 15.6. The van der Waals surface area contributed by atoms with E-state index in [1.807, 2.05) is 6.07 Å². The minimum Gasteiger partial charge on any atom is -0.456 e. The summed E-state index contributed by atoms with van der Waals surface area (Å²) < 4.78 is 6.54. The SMILES string of the molecule is O=[N+]([O-])c1cc(Cl)c(Oc2cc(Cl)cc(Br)c2)cc1NCc1[nH]nc2ncccc12. The van der Waals surface area contributed by atoms with E-state index in [1.54, 1.807) is 30.5 Å². The van der Waals surface area contributed by atoms with Gasteiger partial charge in [0.15, 0.2) is 5.65 Å². The van der Waals surface area contributed by atoms with Gasteiger partial charge >= 0.3 is 0 Å². The van der Waals surface area contributed by atoms with Gasteiger partial charge in [0.25, 0.3) is 5.69 Å². The van der Waals surface area contributed by atoms with Crippen LogP contribution in [0.1, 0.15) is 5.69 Å². The fourth-order valence-corrected chi connectivity index (χ4v) is 3.87. The lowest BCUT2D eigenvalue weighted by Crippen LogP contribution is -2.04. The van der Waals surface area contributed by atoms with Gasteiger partial charge in [-0.25, -0.2) is 4.98 Å². The van der Waals surface area contributed by atoms with Crippen LogP contribution in [0.5, 0.6) is 11.5 Å². The molecule has 11 heteroatoms. The third kappa shape index (κ3) is 4.33. The van der Waals surface area contributed by atoms with Crippen LogP contribution in [0.3, 0.4) is 0 Å². The maximum absolute atomic E-state index is 11.5. The van der Waals surface area contributed by atoms with Crippen molar-refractivity contribution in [3.8, 4) is 11.5 Å². The number of hydrogen-bond acceptors (Lipinski definition) is 6. The molecule has 0 radical (unpaired) electrons. The number of anilines is 1. The Hall–Kier alpha value is -2.88. The summed E-state index contributed by atoms with van der Waals surface area (Å²) in [7, 11) is 0. The van der Waals surface area contributed by atoms with Crippen molar-refractivity contribution in [2.75, 3.05) is 5.32 Å². The first-order valence-corrected chi connectivity index (χ1v) is 10.1. The molecule has 0 unspecified atom stereocenters. The predicted molar refractivity (Wildman–Crippen MR) is 119 cm³/mol. The van der Waals surface area contributed by atoms with Gasteiger partial charge in [0.2, 0.25) is 0 Å². The van der Waals surface area contributed by atoms with E-state index < -0.39 is 4.92 Å². The molecule has 0 fully saturated rings. The first kappa shape index (κ1) is 20.4. The fraction of sp³-hybridized carbons (Fsp3) is 0.0526. The maximum atomic E-state index is 11.5. The molecule has 0 aliphatic heterocycles. The van der Waals surface area contributed by atoms with Gasteiger partial charge in [-0.2, -0.15) is 5.10 Å². The molecule has 2 N–H and O–H groups in total. The molecule has 4 aromatic rings. The van der Waals surface area contributed by atoms with Crippen molar-refractivity contribution in [3.05, 3.63) is 79.0 Å². The van der Waals surface area contributed by atoms with Crippen LogP contribution in [0, 0.1) is 10.1 Å². The van der Waals surface area contributed by atoms with Crippen LogP contribution in [0.2, 0.25) is 10.0 Å². The number of nitro groups is 1. The highest BCUT2D eigenvalue weighted by Crippen LogP contribution is 2.39. The third-order valence-corrected chi connectivity index (χ3v) is 5.15. The van der Waals surface area contributed by atoms with E-state index in [-0.39, 0.29) is 28.7 Å². The number of nitro benzene ring substituents is 1. The van der Waals surface area contributed by atoms with Crippen molar-refractivity contribution in [2.45, 2.75) is 6.54 Å². The lowest BCUT2D eigenvalue weighted by atomic mass is 10.2. The van der Waals surface area contributed by atoms with Crippen molar-refractivity contribution < 1.29 is 9.66 Å². The topological polar surface area (TPSA) is 106 Å². The Kier molecular flexibility index (Phi) is 5.76. The molecule has 30 heavy (non-hydrogen) atoms. The molecule has 0 saturated heterocycles. The first-order chi connectivity index (χ1) is 14.4. The maximum Gasteiger partial charge on any atom is 0.294 e. The van der Waals surface area contributed by atoms with Crippen LogP contribution in [-0.2, 0) is 6.54 Å². The average Bonchev–Trinajstić information content (AvgIpc) is 3.10. The fourth-order valence-electron chi connectivity index (χ4n) is 2.85. The van der Waals surface area contributed by atoms with Gasteiger partial charge in [-0.3, -0.25) is 15.2 Å². The normalized spacial score (nSPS) is 10.9. The summed E-state index contributed by atoms with van der Waals surface area (Å²) in [6.07, 6.45) is 1.64. The van der Waals surface area contributed by atoms with Crippen molar-refractivity contribution in [3.63, 3.8) is 0 Å². The number of aromatic nitrogens is 3. The van der Waals surface area contributed by atoms with Crippen LogP contribution in [-0.4, -0.2) is 20.1 Å². The van der Waals surface area contributed by atoms with Crippen molar-refractivity contribution >= 4 is 61.5 Å². The standard InChI is InChI=1S/C19H12BrCl2N5O3/c20-10-4-11(21)6-12(5-10)30-18-8-15(17(27(28)29)7-14(18)22)24-9-16-13-2-1-3-23-19(13)26-25-16/h1-8,24H,9H2,(H,23,25,26). The highest BCUT2D eigenvalue weighted by molar-refractivity contribution is 9.10. The molecule has 0 aliphatic rings. The molecule has 2 aromatic heterocycles. The van der Waals surface area contributed by atoms with Gasteiger partial charge in [-0.1, -0.05) is 39.1 Å². The highest BCUT2D eigenvalue weighted by Gasteiger charge is 2.19. The summed E-state index contributed by atoms with van der Waals surface area (Å²) in [6.45, 7) is 0.257. The molecule has 0 saturated carbocycles. The molecular formula is C19H12BrCl2N5O3. The summed E-state index contributed by atoms with van der Waals surface area (Å²) in [5.74, 6) is 0.678. The molecule has 0 aliphatic carbocycles. The predicted octanol–water partition coefficient (Wildman–Crippen LogP) is 6.34. The van der Waals surface area contributed by atoms with Gasteiger partial charge in [0, 0.05) is 33.2 Å². The van der Waals surface area contributed by atoms with Gasteiger partial charge in [-0.05, 0) is 30.3 Å². The number of aromatic amines is 1. The molecule has 0 amide bonds. The van der Waals surface area contributed by atoms with Gasteiger partial charge in [-0.15, -0.1) is 0 Å². The van der Waals surface area contributed by atoms with Crippen LogP contribution in [0.15, 0.2) is 53.1 Å². The molecule has 4 rings (SSSR count). The molecule has 0 atom stereocenters. The van der Waals surface area contributed by atoms with Gasteiger partial charge < -0.3 is 10.1 Å². The first-order valence-electron chi connectivity index (χ1n) is 8.54. The number of rotatable bonds is 6. The number of ether oxygens (including phenoxy) is 1. The monoisotopic (exact) mass is 507 g/mol. The molecule has 0 spiro atoms. The van der Waals surface area contributed by atoms with Gasteiger partial charge in [0.05, 0.1) is 22.2 Å². The minimum absolute atomic E-state index is 0.0968. The zero-order valence-electron chi connectivity index (χ0n) is 15.0. The molecule has 8 nitrogen and oxygen atoms in total. The summed E-state index contributed by atoms with van der Waals surface area (Å²) in [4.78, 5) is 15.2. The van der Waals surface area contributed by atoms with Gasteiger partial charge in [0.1, 0.15) is 17.2 Å². The second kappa shape index (κ2) is 8.47. The Morgan fingerprint density at radius 1 is 1.23 bits per heavy atom. The average molecular weight is 509 g/mol. The Bertz CT molecular complexity index is 1240. The number of benzene rings is 2. The number of fused-ring (bicyclic) bond motifs is 1. The Labute approximate surface area is 188 Å². The number of halogens is 3. The van der Waals surface area contributed by atoms with E-state index >= 15 is 0 Å². The summed E-state index contributed by atoms with van der Waals surface area (Å²) in [5.41, 5.74) is 1.37. The summed E-state index contributed by atoms with van der Waals surface area (Å²) in [5, 5.41) is 23.0. The Balaban J connectivity index is 1.65. The number of hydrogen-bond donors (Lipinski definition) is 2. The number of nitrogens with one attached hydrogen (secondary N) is 2. The second-order valence-electron chi connectivity index (χ2n) is 6.19. The smallest absolute Gasteiger partial charge is 0.294 e. The lowest BCUT2D eigenvalue weighted by molar-refractivity contribution is -0.384. The highest BCUT2D eigenvalue weighted by atomic mass is 79.9. The lowest BCUT2D eigenvalue weighted by Gasteiger charge is -2.12. The second-order valence-corrected chi connectivity index (χ2v) is 7.95. The molecule has 2 aromatic carbocycles. The number of pyridine rings is 1. The largest absolute Gasteiger partial charge is 0.456 e. The zero-order valence-corrected chi connectivity index (χ0v) is 18.1. The van der Waals surface area contributed by atoms with E-state index in [0.717, 1.165) is 15.6 Å². The molecule has 152 valence electrons. The van der Waals surface area contributed by atoms with E-state index in [0.29, 0.717) is 16.4 Å². The van der Waals surface area contributed by atoms with Crippen LogP contribution in [0.25, 0.3) is 11.0 Å². The number of nitrogens with zero attached hydrogens (tertiary/aromatic N) is 3. The van der Waals surface area contributed by atoms with E-state index in [1.165, 1.54) is 12.1 Å². The van der Waals surface area contributed by atoms with Crippen molar-refractivity contribution in [1.82, 2.24) is 15.2 Å². The zero-order chi connectivity index (χ0) is 21.3. The molecular weight excluding hydrogens is 497 g/mol. The quantitative estimate of drug-likeness (QED) is 0.232. The van der Waals surface area contributed by atoms with E-state index in [9.17, 15) is 10.1 Å². The Morgan fingerprint density at radius 2 is 2.07 bits per heavy atom. The van der Waals surface area contributed by atoms with Crippen molar-refractivity contribution in [1.29, 1.82) is 0 Å². The van der Waals surface area contributed by atoms with Crippen LogP contribution in [0.4, 0.5) is 11.4 Å². The summed E-state index contributed by atoms with van der Waals surface area (Å²) in [6, 6.07) is 11.4. The minimum atomic E-state index is -0.513. The van der Waals surface area contributed by atoms with Crippen LogP contribution < -0.4 is 10.1 Å². The van der Waals surface area contributed by atoms with E-state index in [2.05, 4.69) is 36.4 Å².